The van der Waals surface area contributed by atoms with Crippen molar-refractivity contribution in [2.45, 2.75) is 5.16 Å². The number of hydrogen-bond acceptors (Lipinski definition) is 6. The standard InChI is InChI=1S/C17H13ClN4O4S/c18-9-1-3-11-12(5-9)21-17(20-11)27-7-15(23)22-16(24)19-10-2-4-13-14(6-10)26-8-25-13/h1-6H,7-8H2,(H,20,21)(H2,19,22,23,24). The molecule has 0 fully saturated rings. The molecule has 0 spiro atoms. The van der Waals surface area contributed by atoms with E-state index in [0.29, 0.717) is 27.4 Å². The fourth-order valence-corrected chi connectivity index (χ4v) is 3.32. The van der Waals surface area contributed by atoms with Crippen LogP contribution in [0.2, 0.25) is 5.02 Å². The van der Waals surface area contributed by atoms with Crippen LogP contribution < -0.4 is 20.1 Å². The molecule has 1 aromatic heterocycles. The Morgan fingerprint density at radius 2 is 2.04 bits per heavy atom. The maximum absolute atomic E-state index is 12.0. The van der Waals surface area contributed by atoms with E-state index in [0.717, 1.165) is 11.0 Å². The molecule has 0 atom stereocenters. The lowest BCUT2D eigenvalue weighted by Crippen LogP contribution is -2.35. The quantitative estimate of drug-likeness (QED) is 0.576. The van der Waals surface area contributed by atoms with Gasteiger partial charge in [-0.2, -0.15) is 0 Å². The van der Waals surface area contributed by atoms with E-state index in [9.17, 15) is 9.59 Å². The molecule has 0 bridgehead atoms. The molecule has 0 saturated heterocycles. The second-order valence-electron chi connectivity index (χ2n) is 5.56. The molecule has 3 N–H and O–H groups in total. The number of anilines is 1. The summed E-state index contributed by atoms with van der Waals surface area (Å²) in [5, 5.41) is 6.01. The molecular formula is C17H13ClN4O4S. The minimum Gasteiger partial charge on any atom is -0.454 e. The minimum absolute atomic E-state index is 0.0299. The zero-order chi connectivity index (χ0) is 18.8. The van der Waals surface area contributed by atoms with E-state index in [-0.39, 0.29) is 12.5 Å². The molecule has 2 aromatic carbocycles. The first-order valence-electron chi connectivity index (χ1n) is 7.85. The summed E-state index contributed by atoms with van der Waals surface area (Å²) in [5.41, 5.74) is 2.03. The molecule has 138 valence electrons. The van der Waals surface area contributed by atoms with Gasteiger partial charge in [0.2, 0.25) is 12.7 Å². The number of thioether (sulfide) groups is 1. The number of ether oxygens (including phenoxy) is 2. The van der Waals surface area contributed by atoms with Gasteiger partial charge in [0.05, 0.1) is 16.8 Å². The van der Waals surface area contributed by atoms with Crippen LogP contribution in [0.4, 0.5) is 10.5 Å². The molecule has 27 heavy (non-hydrogen) atoms. The number of nitrogens with one attached hydrogen (secondary N) is 3. The molecule has 3 amide bonds. The van der Waals surface area contributed by atoms with Crippen LogP contribution in [0.25, 0.3) is 11.0 Å². The van der Waals surface area contributed by atoms with Crippen LogP contribution in [0.1, 0.15) is 0 Å². The van der Waals surface area contributed by atoms with Gasteiger partial charge in [-0.25, -0.2) is 9.78 Å². The number of aromatic amines is 1. The zero-order valence-electron chi connectivity index (χ0n) is 13.7. The van der Waals surface area contributed by atoms with Gasteiger partial charge in [0.25, 0.3) is 0 Å². The third-order valence-electron chi connectivity index (χ3n) is 3.65. The normalized spacial score (nSPS) is 12.2. The second kappa shape index (κ2) is 7.37. The van der Waals surface area contributed by atoms with Crippen molar-refractivity contribution in [2.24, 2.45) is 0 Å². The molecule has 1 aliphatic rings. The average Bonchev–Trinajstić information content (AvgIpc) is 3.25. The summed E-state index contributed by atoms with van der Waals surface area (Å²) in [6, 6.07) is 9.63. The summed E-state index contributed by atoms with van der Waals surface area (Å²) in [4.78, 5) is 31.3. The Morgan fingerprint density at radius 1 is 1.19 bits per heavy atom. The number of carbonyl (C=O) groups is 2. The number of fused-ring (bicyclic) bond motifs is 2. The van der Waals surface area contributed by atoms with Crippen molar-refractivity contribution in [3.8, 4) is 11.5 Å². The van der Waals surface area contributed by atoms with Crippen molar-refractivity contribution >= 4 is 52.0 Å². The van der Waals surface area contributed by atoms with E-state index >= 15 is 0 Å². The first-order valence-corrected chi connectivity index (χ1v) is 9.22. The molecule has 2 heterocycles. The lowest BCUT2D eigenvalue weighted by Gasteiger charge is -2.07. The predicted octanol–water partition coefficient (Wildman–Crippen LogP) is 3.39. The monoisotopic (exact) mass is 404 g/mol. The summed E-state index contributed by atoms with van der Waals surface area (Å²) in [6.45, 7) is 0.148. The minimum atomic E-state index is -0.629. The Hall–Kier alpha value is -2.91. The lowest BCUT2D eigenvalue weighted by molar-refractivity contribution is -0.117. The number of urea groups is 1. The highest BCUT2D eigenvalue weighted by Gasteiger charge is 2.15. The van der Waals surface area contributed by atoms with Crippen LogP contribution in [0.5, 0.6) is 11.5 Å². The zero-order valence-corrected chi connectivity index (χ0v) is 15.3. The molecule has 1 aliphatic heterocycles. The topological polar surface area (TPSA) is 105 Å². The summed E-state index contributed by atoms with van der Waals surface area (Å²) >= 11 is 7.12. The number of imide groups is 1. The highest BCUT2D eigenvalue weighted by atomic mass is 35.5. The Labute approximate surface area is 162 Å². The van der Waals surface area contributed by atoms with Gasteiger partial charge in [0, 0.05) is 16.8 Å². The summed E-state index contributed by atoms with van der Waals surface area (Å²) in [6.07, 6.45) is 0. The average molecular weight is 405 g/mol. The van der Waals surface area contributed by atoms with E-state index in [1.54, 1.807) is 36.4 Å². The van der Waals surface area contributed by atoms with Crippen molar-refractivity contribution in [1.82, 2.24) is 15.3 Å². The number of rotatable bonds is 4. The third kappa shape index (κ3) is 4.09. The van der Waals surface area contributed by atoms with Gasteiger partial charge in [-0.1, -0.05) is 23.4 Å². The number of imidazole rings is 1. The van der Waals surface area contributed by atoms with E-state index in [1.807, 2.05) is 0 Å². The predicted molar refractivity (Wildman–Crippen MR) is 102 cm³/mol. The largest absolute Gasteiger partial charge is 0.454 e. The Kier molecular flexibility index (Phi) is 4.78. The number of carbonyl (C=O) groups excluding carboxylic acids is 2. The number of H-pyrrole nitrogens is 1. The second-order valence-corrected chi connectivity index (χ2v) is 6.96. The molecule has 0 radical (unpaired) electrons. The molecule has 0 unspecified atom stereocenters. The van der Waals surface area contributed by atoms with Crippen molar-refractivity contribution in [3.05, 3.63) is 41.4 Å². The van der Waals surface area contributed by atoms with Gasteiger partial charge in [-0.3, -0.25) is 10.1 Å². The number of hydrogen-bond donors (Lipinski definition) is 3. The van der Waals surface area contributed by atoms with Gasteiger partial charge < -0.3 is 19.8 Å². The number of aromatic nitrogens is 2. The maximum Gasteiger partial charge on any atom is 0.325 e. The van der Waals surface area contributed by atoms with Crippen LogP contribution in [-0.4, -0.2) is 34.5 Å². The molecule has 4 rings (SSSR count). The molecular weight excluding hydrogens is 392 g/mol. The van der Waals surface area contributed by atoms with E-state index in [4.69, 9.17) is 21.1 Å². The number of nitrogens with zero attached hydrogens (tertiary/aromatic N) is 1. The van der Waals surface area contributed by atoms with E-state index in [2.05, 4.69) is 20.6 Å². The smallest absolute Gasteiger partial charge is 0.325 e. The van der Waals surface area contributed by atoms with Crippen LogP contribution >= 0.6 is 23.4 Å². The van der Waals surface area contributed by atoms with Crippen molar-refractivity contribution in [3.63, 3.8) is 0 Å². The summed E-state index contributed by atoms with van der Waals surface area (Å²) < 4.78 is 10.4. The molecule has 0 aliphatic carbocycles. The third-order valence-corrected chi connectivity index (χ3v) is 4.75. The Bertz CT molecular complexity index is 1040. The lowest BCUT2D eigenvalue weighted by atomic mass is 10.3. The Morgan fingerprint density at radius 3 is 2.93 bits per heavy atom. The van der Waals surface area contributed by atoms with Gasteiger partial charge in [-0.05, 0) is 30.3 Å². The van der Waals surface area contributed by atoms with Crippen LogP contribution in [0.15, 0.2) is 41.6 Å². The number of halogens is 1. The molecule has 8 nitrogen and oxygen atoms in total. The number of amides is 3. The van der Waals surface area contributed by atoms with E-state index < -0.39 is 11.9 Å². The molecule has 10 heteroatoms. The molecule has 3 aromatic rings. The van der Waals surface area contributed by atoms with Crippen LogP contribution in [0, 0.1) is 0 Å². The highest BCUT2D eigenvalue weighted by Crippen LogP contribution is 2.34. The van der Waals surface area contributed by atoms with Crippen molar-refractivity contribution in [2.75, 3.05) is 17.9 Å². The van der Waals surface area contributed by atoms with Gasteiger partial charge in [-0.15, -0.1) is 0 Å². The van der Waals surface area contributed by atoms with E-state index in [1.165, 1.54) is 11.8 Å². The highest BCUT2D eigenvalue weighted by molar-refractivity contribution is 7.99. The summed E-state index contributed by atoms with van der Waals surface area (Å²) in [5.74, 6) is 0.735. The van der Waals surface area contributed by atoms with Gasteiger partial charge in [0.15, 0.2) is 16.7 Å². The fourth-order valence-electron chi connectivity index (χ4n) is 2.46. The van der Waals surface area contributed by atoms with Gasteiger partial charge in [0.1, 0.15) is 0 Å². The van der Waals surface area contributed by atoms with Crippen LogP contribution in [0.3, 0.4) is 0 Å². The van der Waals surface area contributed by atoms with Crippen molar-refractivity contribution < 1.29 is 19.1 Å². The maximum atomic E-state index is 12.0. The number of benzene rings is 2. The molecule has 0 saturated carbocycles. The summed E-state index contributed by atoms with van der Waals surface area (Å²) in [7, 11) is 0. The van der Waals surface area contributed by atoms with Crippen molar-refractivity contribution in [1.29, 1.82) is 0 Å². The SMILES string of the molecule is O=C(CSc1nc2ccc(Cl)cc2[nH]1)NC(=O)Nc1ccc2c(c1)OCO2. The fraction of sp³-hybridized carbons (Fsp3) is 0.118. The first-order chi connectivity index (χ1) is 13.1. The van der Waals surface area contributed by atoms with Crippen LogP contribution in [-0.2, 0) is 4.79 Å². The Balaban J connectivity index is 1.30. The first kappa shape index (κ1) is 17.5. The van der Waals surface area contributed by atoms with Gasteiger partial charge >= 0.3 is 6.03 Å².